The Hall–Kier alpha value is -1.13. The third kappa shape index (κ3) is 11.7. The number of guanidine groups is 1. The second-order valence-corrected chi connectivity index (χ2v) is 6.69. The predicted molar refractivity (Wildman–Crippen MR) is 126 cm³/mol. The number of ether oxygens (including phenoxy) is 2. The monoisotopic (exact) mass is 505 g/mol. The first kappa shape index (κ1) is 24.9. The van der Waals surface area contributed by atoms with E-state index in [1.165, 1.54) is 0 Å². The van der Waals surface area contributed by atoms with Crippen molar-refractivity contribution in [2.75, 3.05) is 57.9 Å². The number of unbranched alkanes of at least 4 members (excludes halogenated alkanes) is 1. The van der Waals surface area contributed by atoms with Crippen LogP contribution in [-0.4, -0.2) is 63.6 Å². The zero-order chi connectivity index (χ0) is 19.0. The quantitative estimate of drug-likeness (QED) is 0.166. The molecule has 0 aliphatic carbocycles. The highest BCUT2D eigenvalue weighted by molar-refractivity contribution is 14.0. The molecule has 0 saturated carbocycles. The molecule has 8 heteroatoms. The molecule has 0 aromatic carbocycles. The van der Waals surface area contributed by atoms with E-state index in [1.54, 1.807) is 6.20 Å². The summed E-state index contributed by atoms with van der Waals surface area (Å²) in [5.41, 5.74) is 0. The minimum absolute atomic E-state index is 0. The first-order chi connectivity index (χ1) is 13.4. The molecule has 3 N–H and O–H groups in total. The van der Waals surface area contributed by atoms with Crippen LogP contribution in [0, 0.1) is 5.92 Å². The van der Waals surface area contributed by atoms with Gasteiger partial charge < -0.3 is 25.4 Å². The van der Waals surface area contributed by atoms with Crippen LogP contribution in [0.2, 0.25) is 0 Å². The fourth-order valence-corrected chi connectivity index (χ4v) is 2.80. The molecule has 0 radical (unpaired) electrons. The van der Waals surface area contributed by atoms with Gasteiger partial charge in [-0.15, -0.1) is 24.0 Å². The number of halogens is 1. The van der Waals surface area contributed by atoms with Gasteiger partial charge in [0.25, 0.3) is 0 Å². The Morgan fingerprint density at radius 1 is 1.25 bits per heavy atom. The maximum Gasteiger partial charge on any atom is 0.191 e. The highest BCUT2D eigenvalue weighted by Gasteiger charge is 2.15. The standard InChI is InChI=1S/C20H35N5O2.HI/c1-2-21-20(25-13-7-14-26-16-18-9-15-27-17-18)24-12-6-5-11-23-19-8-3-4-10-22-19;/h3-4,8,10,18H,2,5-7,9,11-17H2,1H3,(H,22,23)(H2,21,24,25);1H. The third-order valence-electron chi connectivity index (χ3n) is 4.31. The lowest BCUT2D eigenvalue weighted by Crippen LogP contribution is -2.38. The van der Waals surface area contributed by atoms with Crippen LogP contribution < -0.4 is 16.0 Å². The van der Waals surface area contributed by atoms with Gasteiger partial charge in [0.15, 0.2) is 5.96 Å². The number of aromatic nitrogens is 1. The summed E-state index contributed by atoms with van der Waals surface area (Å²) in [6.07, 6.45) is 6.04. The molecule has 0 bridgehead atoms. The van der Waals surface area contributed by atoms with Crippen LogP contribution >= 0.6 is 24.0 Å². The van der Waals surface area contributed by atoms with E-state index >= 15 is 0 Å². The van der Waals surface area contributed by atoms with E-state index in [2.05, 4.69) is 32.9 Å². The van der Waals surface area contributed by atoms with Crippen molar-refractivity contribution in [3.63, 3.8) is 0 Å². The average Bonchev–Trinajstić information content (AvgIpc) is 3.21. The van der Waals surface area contributed by atoms with E-state index in [1.807, 2.05) is 18.2 Å². The van der Waals surface area contributed by atoms with Crippen molar-refractivity contribution in [3.05, 3.63) is 24.4 Å². The number of anilines is 1. The van der Waals surface area contributed by atoms with Gasteiger partial charge >= 0.3 is 0 Å². The topological polar surface area (TPSA) is 79.8 Å². The fraction of sp³-hybridized carbons (Fsp3) is 0.700. The molecular weight excluding hydrogens is 469 g/mol. The van der Waals surface area contributed by atoms with E-state index in [9.17, 15) is 0 Å². The summed E-state index contributed by atoms with van der Waals surface area (Å²) in [5.74, 6) is 2.40. The van der Waals surface area contributed by atoms with E-state index in [-0.39, 0.29) is 24.0 Å². The Morgan fingerprint density at radius 2 is 2.14 bits per heavy atom. The Labute approximate surface area is 186 Å². The number of pyridine rings is 1. The molecule has 2 rings (SSSR count). The summed E-state index contributed by atoms with van der Waals surface area (Å²) in [5, 5.41) is 10.0. The molecule has 28 heavy (non-hydrogen) atoms. The van der Waals surface area contributed by atoms with Crippen LogP contribution in [0.5, 0.6) is 0 Å². The van der Waals surface area contributed by atoms with Gasteiger partial charge in [-0.05, 0) is 44.7 Å². The SMILES string of the molecule is CCNC(=NCCCOCC1CCOC1)NCCCCNc1ccccn1.I. The zero-order valence-corrected chi connectivity index (χ0v) is 19.3. The summed E-state index contributed by atoms with van der Waals surface area (Å²) in [4.78, 5) is 8.87. The summed E-state index contributed by atoms with van der Waals surface area (Å²) >= 11 is 0. The largest absolute Gasteiger partial charge is 0.381 e. The lowest BCUT2D eigenvalue weighted by molar-refractivity contribution is 0.0893. The maximum absolute atomic E-state index is 5.72. The lowest BCUT2D eigenvalue weighted by Gasteiger charge is -2.12. The molecule has 1 aliphatic heterocycles. The fourth-order valence-electron chi connectivity index (χ4n) is 2.80. The number of hydrogen-bond acceptors (Lipinski definition) is 5. The molecule has 7 nitrogen and oxygen atoms in total. The van der Waals surface area contributed by atoms with Crippen LogP contribution in [0.25, 0.3) is 0 Å². The van der Waals surface area contributed by atoms with E-state index in [4.69, 9.17) is 9.47 Å². The Balaban J connectivity index is 0.00000392. The van der Waals surface area contributed by atoms with Crippen LogP contribution in [-0.2, 0) is 9.47 Å². The van der Waals surface area contributed by atoms with Gasteiger partial charge in [0.2, 0.25) is 0 Å². The van der Waals surface area contributed by atoms with Crippen LogP contribution in [0.1, 0.15) is 32.6 Å². The smallest absolute Gasteiger partial charge is 0.191 e. The number of rotatable bonds is 13. The summed E-state index contributed by atoms with van der Waals surface area (Å²) in [6.45, 7) is 8.87. The predicted octanol–water partition coefficient (Wildman–Crippen LogP) is 2.89. The molecule has 160 valence electrons. The van der Waals surface area contributed by atoms with Crippen molar-refractivity contribution in [2.45, 2.75) is 32.6 Å². The lowest BCUT2D eigenvalue weighted by atomic mass is 10.1. The van der Waals surface area contributed by atoms with E-state index < -0.39 is 0 Å². The molecule has 1 atom stereocenters. The Morgan fingerprint density at radius 3 is 2.89 bits per heavy atom. The summed E-state index contributed by atoms with van der Waals surface area (Å²) < 4.78 is 11.1. The average molecular weight is 505 g/mol. The Kier molecular flexibility index (Phi) is 14.9. The first-order valence-corrected chi connectivity index (χ1v) is 10.2. The van der Waals surface area contributed by atoms with E-state index in [0.29, 0.717) is 5.92 Å². The molecule has 1 aliphatic rings. The van der Waals surface area contributed by atoms with Gasteiger partial charge in [-0.2, -0.15) is 0 Å². The highest BCUT2D eigenvalue weighted by atomic mass is 127. The molecule has 1 fully saturated rings. The molecule has 0 amide bonds. The van der Waals surface area contributed by atoms with Gasteiger partial charge in [0.1, 0.15) is 5.82 Å². The second-order valence-electron chi connectivity index (χ2n) is 6.69. The van der Waals surface area contributed by atoms with Crippen molar-refractivity contribution in [3.8, 4) is 0 Å². The Bertz CT molecular complexity index is 513. The van der Waals surface area contributed by atoms with Gasteiger partial charge in [-0.3, -0.25) is 4.99 Å². The molecule has 1 unspecified atom stereocenters. The third-order valence-corrected chi connectivity index (χ3v) is 4.31. The summed E-state index contributed by atoms with van der Waals surface area (Å²) in [6, 6.07) is 5.90. The normalized spacial score (nSPS) is 16.5. The molecule has 1 aromatic heterocycles. The maximum atomic E-state index is 5.72. The van der Waals surface area contributed by atoms with Crippen molar-refractivity contribution >= 4 is 35.8 Å². The van der Waals surface area contributed by atoms with Crippen LogP contribution in [0.3, 0.4) is 0 Å². The van der Waals surface area contributed by atoms with Crippen LogP contribution in [0.15, 0.2) is 29.4 Å². The van der Waals surface area contributed by atoms with Gasteiger partial charge in [0, 0.05) is 51.5 Å². The van der Waals surface area contributed by atoms with Gasteiger partial charge in [0.05, 0.1) is 13.2 Å². The van der Waals surface area contributed by atoms with Crippen molar-refractivity contribution in [1.29, 1.82) is 0 Å². The molecular formula is C20H36IN5O2. The molecule has 1 saturated heterocycles. The highest BCUT2D eigenvalue weighted by Crippen LogP contribution is 2.12. The molecule has 2 heterocycles. The second kappa shape index (κ2) is 16.8. The number of nitrogens with zero attached hydrogens (tertiary/aromatic N) is 2. The van der Waals surface area contributed by atoms with Gasteiger partial charge in [-0.1, -0.05) is 6.07 Å². The molecule has 0 spiro atoms. The van der Waals surface area contributed by atoms with Crippen molar-refractivity contribution in [2.24, 2.45) is 10.9 Å². The molecule has 1 aromatic rings. The van der Waals surface area contributed by atoms with Gasteiger partial charge in [-0.25, -0.2) is 4.98 Å². The minimum Gasteiger partial charge on any atom is -0.381 e. The number of nitrogens with one attached hydrogen (secondary N) is 3. The van der Waals surface area contributed by atoms with E-state index in [0.717, 1.165) is 90.1 Å². The summed E-state index contributed by atoms with van der Waals surface area (Å²) in [7, 11) is 0. The minimum atomic E-state index is 0. The first-order valence-electron chi connectivity index (χ1n) is 10.2. The van der Waals surface area contributed by atoms with Crippen molar-refractivity contribution < 1.29 is 9.47 Å². The van der Waals surface area contributed by atoms with Crippen molar-refractivity contribution in [1.82, 2.24) is 15.6 Å². The zero-order valence-electron chi connectivity index (χ0n) is 17.0. The number of hydrogen-bond donors (Lipinski definition) is 3. The van der Waals surface area contributed by atoms with Crippen LogP contribution in [0.4, 0.5) is 5.82 Å². The number of aliphatic imine (C=N–C) groups is 1.